The smallest absolute Gasteiger partial charge is 0.201 e. The van der Waals surface area contributed by atoms with E-state index in [2.05, 4.69) is 27.4 Å². The Balaban J connectivity index is 1.62. The second kappa shape index (κ2) is 6.25. The van der Waals surface area contributed by atoms with E-state index in [0.717, 1.165) is 30.5 Å². The molecule has 4 nitrogen and oxygen atoms in total. The van der Waals surface area contributed by atoms with Crippen LogP contribution >= 0.6 is 23.2 Å². The molecule has 126 valence electrons. The fourth-order valence-electron chi connectivity index (χ4n) is 3.52. The Kier molecular flexibility index (Phi) is 4.07. The Morgan fingerprint density at radius 2 is 2.00 bits per heavy atom. The minimum absolute atomic E-state index is 0.0288. The number of nitriles is 1. The van der Waals surface area contributed by atoms with E-state index in [4.69, 9.17) is 23.2 Å². The van der Waals surface area contributed by atoms with E-state index in [1.54, 1.807) is 6.07 Å². The molecule has 0 atom stereocenters. The van der Waals surface area contributed by atoms with Crippen molar-refractivity contribution in [3.8, 4) is 6.07 Å². The van der Waals surface area contributed by atoms with Crippen molar-refractivity contribution in [2.24, 2.45) is 0 Å². The Morgan fingerprint density at radius 1 is 1.20 bits per heavy atom. The van der Waals surface area contributed by atoms with Gasteiger partial charge in [-0.2, -0.15) is 5.26 Å². The zero-order valence-corrected chi connectivity index (χ0v) is 15.0. The molecule has 4 rings (SSSR count). The summed E-state index contributed by atoms with van der Waals surface area (Å²) in [5.41, 5.74) is 3.17. The van der Waals surface area contributed by atoms with Crippen molar-refractivity contribution in [3.05, 3.63) is 57.6 Å². The van der Waals surface area contributed by atoms with Gasteiger partial charge < -0.3 is 10.3 Å². The van der Waals surface area contributed by atoms with Crippen molar-refractivity contribution in [2.45, 2.75) is 24.7 Å². The number of rotatable bonds is 4. The normalized spacial score (nSPS) is 15.6. The molecule has 1 saturated carbocycles. The summed E-state index contributed by atoms with van der Waals surface area (Å²) in [6, 6.07) is 13.5. The molecular formula is C19H16Cl2N4. The van der Waals surface area contributed by atoms with Crippen LogP contribution in [0.4, 0.5) is 5.95 Å². The lowest BCUT2D eigenvalue weighted by atomic mass is 9.64. The molecule has 0 aliphatic heterocycles. The number of para-hydroxylation sites is 1. The number of nitrogens with one attached hydrogen (secondary N) is 2. The van der Waals surface area contributed by atoms with Crippen molar-refractivity contribution in [1.82, 2.24) is 9.97 Å². The summed E-state index contributed by atoms with van der Waals surface area (Å²) in [4.78, 5) is 7.77. The highest BCUT2D eigenvalue weighted by molar-refractivity contribution is 6.42. The third-order valence-electron chi connectivity index (χ3n) is 5.06. The van der Waals surface area contributed by atoms with Crippen LogP contribution in [0.15, 0.2) is 36.4 Å². The summed E-state index contributed by atoms with van der Waals surface area (Å²) in [5.74, 6) is 0.669. The molecule has 1 aliphatic rings. The van der Waals surface area contributed by atoms with Crippen molar-refractivity contribution in [1.29, 1.82) is 5.26 Å². The number of benzene rings is 2. The van der Waals surface area contributed by atoms with Gasteiger partial charge in [-0.1, -0.05) is 47.8 Å². The van der Waals surface area contributed by atoms with Crippen LogP contribution in [0, 0.1) is 11.3 Å². The molecule has 2 aromatic carbocycles. The third-order valence-corrected chi connectivity index (χ3v) is 5.88. The molecule has 2 N–H and O–H groups in total. The monoisotopic (exact) mass is 370 g/mol. The van der Waals surface area contributed by atoms with Crippen molar-refractivity contribution in [2.75, 3.05) is 11.9 Å². The number of imidazole rings is 1. The topological polar surface area (TPSA) is 64.5 Å². The largest absolute Gasteiger partial charge is 0.355 e. The van der Waals surface area contributed by atoms with Crippen molar-refractivity contribution >= 4 is 40.2 Å². The molecule has 0 spiro atoms. The maximum absolute atomic E-state index is 9.20. The van der Waals surface area contributed by atoms with Crippen LogP contribution in [0.2, 0.25) is 10.0 Å². The zero-order chi connectivity index (χ0) is 17.4. The third kappa shape index (κ3) is 2.74. The van der Waals surface area contributed by atoms with Gasteiger partial charge in [-0.3, -0.25) is 0 Å². The molecule has 25 heavy (non-hydrogen) atoms. The Hall–Kier alpha value is -2.22. The number of H-pyrrole nitrogens is 1. The summed E-state index contributed by atoms with van der Waals surface area (Å²) in [5, 5.41) is 13.8. The number of aromatic nitrogens is 2. The Labute approximate surface area is 155 Å². The molecule has 1 aromatic heterocycles. The zero-order valence-electron chi connectivity index (χ0n) is 13.4. The minimum Gasteiger partial charge on any atom is -0.355 e. The molecule has 0 radical (unpaired) electrons. The van der Waals surface area contributed by atoms with Crippen molar-refractivity contribution < 1.29 is 0 Å². The number of nitrogens with zero attached hydrogens (tertiary/aromatic N) is 2. The SMILES string of the molecule is N#Cc1cccc2[nH]c(NCC3(c4cccc(Cl)c4Cl)CCC3)nc12. The van der Waals surface area contributed by atoms with Crippen LogP contribution in [0.25, 0.3) is 11.0 Å². The lowest BCUT2D eigenvalue weighted by Crippen LogP contribution is -2.41. The number of hydrogen-bond donors (Lipinski definition) is 2. The highest BCUT2D eigenvalue weighted by Crippen LogP contribution is 2.47. The lowest BCUT2D eigenvalue weighted by molar-refractivity contribution is 0.260. The molecule has 1 aliphatic carbocycles. The minimum atomic E-state index is -0.0288. The van der Waals surface area contributed by atoms with Gasteiger partial charge in [-0.25, -0.2) is 4.98 Å². The summed E-state index contributed by atoms with van der Waals surface area (Å²) in [6.45, 7) is 0.717. The van der Waals surface area contributed by atoms with Gasteiger partial charge in [0.25, 0.3) is 0 Å². The summed E-state index contributed by atoms with van der Waals surface area (Å²) in [6.07, 6.45) is 3.29. The van der Waals surface area contributed by atoms with E-state index in [0.29, 0.717) is 27.1 Å². The first-order chi connectivity index (χ1) is 12.1. The van der Waals surface area contributed by atoms with Crippen LogP contribution in [-0.2, 0) is 5.41 Å². The van der Waals surface area contributed by atoms with Crippen LogP contribution < -0.4 is 5.32 Å². The second-order valence-electron chi connectivity index (χ2n) is 6.49. The van der Waals surface area contributed by atoms with E-state index >= 15 is 0 Å². The number of anilines is 1. The first-order valence-corrected chi connectivity index (χ1v) is 8.96. The van der Waals surface area contributed by atoms with E-state index in [1.165, 1.54) is 6.42 Å². The van der Waals surface area contributed by atoms with E-state index in [1.807, 2.05) is 24.3 Å². The average molecular weight is 371 g/mol. The van der Waals surface area contributed by atoms with E-state index in [9.17, 15) is 5.26 Å². The molecule has 0 saturated heterocycles. The van der Waals surface area contributed by atoms with Gasteiger partial charge >= 0.3 is 0 Å². The van der Waals surface area contributed by atoms with Gasteiger partial charge in [0.15, 0.2) is 0 Å². The Morgan fingerprint density at radius 3 is 2.72 bits per heavy atom. The van der Waals surface area contributed by atoms with Crippen LogP contribution in [0.3, 0.4) is 0 Å². The molecule has 0 amide bonds. The lowest BCUT2D eigenvalue weighted by Gasteiger charge is -2.43. The Bertz CT molecular complexity index is 983. The van der Waals surface area contributed by atoms with Gasteiger partial charge in [0.1, 0.15) is 11.6 Å². The number of halogens is 2. The summed E-state index contributed by atoms with van der Waals surface area (Å²) >= 11 is 12.7. The van der Waals surface area contributed by atoms with Crippen molar-refractivity contribution in [3.63, 3.8) is 0 Å². The van der Waals surface area contributed by atoms with Gasteiger partial charge in [0, 0.05) is 12.0 Å². The second-order valence-corrected chi connectivity index (χ2v) is 7.27. The predicted molar refractivity (Wildman–Crippen MR) is 101 cm³/mol. The summed E-state index contributed by atoms with van der Waals surface area (Å²) in [7, 11) is 0. The maximum atomic E-state index is 9.20. The number of fused-ring (bicyclic) bond motifs is 1. The van der Waals surface area contributed by atoms with Gasteiger partial charge in [-0.15, -0.1) is 0 Å². The van der Waals surface area contributed by atoms with Gasteiger partial charge in [0.2, 0.25) is 5.95 Å². The number of hydrogen-bond acceptors (Lipinski definition) is 3. The first-order valence-electron chi connectivity index (χ1n) is 8.20. The van der Waals surface area contributed by atoms with E-state index < -0.39 is 0 Å². The molecule has 0 unspecified atom stereocenters. The number of aromatic amines is 1. The van der Waals surface area contributed by atoms with E-state index in [-0.39, 0.29) is 5.41 Å². The van der Waals surface area contributed by atoms with Crippen LogP contribution in [-0.4, -0.2) is 16.5 Å². The highest BCUT2D eigenvalue weighted by atomic mass is 35.5. The highest BCUT2D eigenvalue weighted by Gasteiger charge is 2.40. The molecule has 1 fully saturated rings. The van der Waals surface area contributed by atoms with Gasteiger partial charge in [0.05, 0.1) is 21.1 Å². The average Bonchev–Trinajstić information content (AvgIpc) is 3.00. The van der Waals surface area contributed by atoms with Crippen LogP contribution in [0.1, 0.15) is 30.4 Å². The van der Waals surface area contributed by atoms with Gasteiger partial charge in [-0.05, 0) is 36.6 Å². The first kappa shape index (κ1) is 16.3. The predicted octanol–water partition coefficient (Wildman–Crippen LogP) is 5.28. The quantitative estimate of drug-likeness (QED) is 0.656. The fourth-order valence-corrected chi connectivity index (χ4v) is 4.02. The standard InChI is InChI=1S/C19H16Cl2N4/c20-14-6-2-5-13(16(14)21)19(8-3-9-19)11-23-18-24-15-7-1-4-12(10-22)17(15)25-18/h1-2,4-7H,3,8-9,11H2,(H2,23,24,25). The molecular weight excluding hydrogens is 355 g/mol. The molecule has 3 aromatic rings. The molecule has 1 heterocycles. The van der Waals surface area contributed by atoms with Crippen LogP contribution in [0.5, 0.6) is 0 Å². The molecule has 0 bridgehead atoms. The summed E-state index contributed by atoms with van der Waals surface area (Å²) < 4.78 is 0. The fraction of sp³-hybridized carbons (Fsp3) is 0.263. The molecule has 6 heteroatoms. The maximum Gasteiger partial charge on any atom is 0.201 e.